The number of urea groups is 1. The number of amides is 7. The molecule has 4 aliphatic heterocycles. The molecule has 0 radical (unpaired) electrons. The van der Waals surface area contributed by atoms with Crippen molar-refractivity contribution in [2.75, 3.05) is 116 Å². The summed E-state index contributed by atoms with van der Waals surface area (Å²) in [6.07, 6.45) is 11.8. The molecule has 80 heavy (non-hydrogen) atoms. The van der Waals surface area contributed by atoms with E-state index in [1.165, 1.54) is 0 Å². The minimum absolute atomic E-state index is 0.00746. The number of fused-ring (bicyclic) bond motifs is 2. The molecule has 0 aliphatic carbocycles. The summed E-state index contributed by atoms with van der Waals surface area (Å²) >= 11 is 1.90. The zero-order valence-electron chi connectivity index (χ0n) is 46.2. The molecule has 22 nitrogen and oxygen atoms in total. The molecule has 2 aromatic carbocycles. The van der Waals surface area contributed by atoms with Crippen molar-refractivity contribution >= 4 is 53.1 Å². The highest BCUT2D eigenvalue weighted by Crippen LogP contribution is 2.40. The molecule has 0 spiro atoms. The summed E-state index contributed by atoms with van der Waals surface area (Å²) in [5, 5.41) is 30.1. The third-order valence-electron chi connectivity index (χ3n) is 14.5. The smallest absolute Gasteiger partial charge is 0.315 e. The lowest BCUT2D eigenvalue weighted by Crippen LogP contribution is -2.41. The maximum Gasteiger partial charge on any atom is 0.315 e. The molecule has 5 heterocycles. The van der Waals surface area contributed by atoms with Crippen molar-refractivity contribution in [2.45, 2.75) is 100 Å². The van der Waals surface area contributed by atoms with Crippen molar-refractivity contribution in [1.82, 2.24) is 51.9 Å². The van der Waals surface area contributed by atoms with Gasteiger partial charge in [-0.25, -0.2) is 9.48 Å². The second-order valence-electron chi connectivity index (χ2n) is 20.4. The van der Waals surface area contributed by atoms with Crippen LogP contribution in [0.4, 0.5) is 10.6 Å². The van der Waals surface area contributed by atoms with Gasteiger partial charge in [-0.2, -0.15) is 16.9 Å². The number of nitrogens with zero attached hydrogens (tertiary/aromatic N) is 3. The Bertz CT molecular complexity index is 2440. The molecular formula is C57H84N12O10S. The lowest BCUT2D eigenvalue weighted by atomic mass is 9.87. The van der Waals surface area contributed by atoms with Gasteiger partial charge in [-0.3, -0.25) is 24.0 Å². The van der Waals surface area contributed by atoms with Gasteiger partial charge < -0.3 is 72.1 Å². The number of benzene rings is 2. The summed E-state index contributed by atoms with van der Waals surface area (Å²) in [6.45, 7) is 8.99. The normalized spacial score (nSPS) is 18.7. The fraction of sp³-hybridized carbons (Fsp3) is 0.596. The van der Waals surface area contributed by atoms with Crippen LogP contribution in [-0.2, 0) is 33.4 Å². The summed E-state index contributed by atoms with van der Waals surface area (Å²) in [4.78, 5) is 75.9. The van der Waals surface area contributed by atoms with Gasteiger partial charge in [-0.05, 0) is 93.7 Å². The standard InChI is InChI=1S/C57H84N12O10S/c58-55(74)52-53(42-17-19-44(20-18-42)79-43-10-2-1-3-11-43)67-69-46(21-27-64-56(52)69)41-22-32-68(33-23-41)51(73)16-7-24-59-28-29-60-30-31-63-50(72)15-6-14-49(71)62-26-9-35-77-37-39-78-38-36-76-34-8-25-61-48(70)13-5-4-12-47-54-45(40-80-47)65-57(75)66-54/h1-3,7,10-11,16-20,41,45-47,54,59-60,64H,4-6,8-9,12-15,21-40H2,(H2,58,74)(H,61,70)(H,62,71)(H,63,72)(H2,65,66,75)/b16-7+/t45-,46+,47?,54-/m1/s1. The molecular weight excluding hydrogens is 1040 g/mol. The number of hydrogen-bond acceptors (Lipinski definition) is 15. The Labute approximate surface area is 474 Å². The van der Waals surface area contributed by atoms with Crippen molar-refractivity contribution in [1.29, 1.82) is 0 Å². The lowest BCUT2D eigenvalue weighted by Gasteiger charge is -2.38. The predicted molar refractivity (Wildman–Crippen MR) is 308 cm³/mol. The maximum atomic E-state index is 13.1. The number of para-hydroxylation sites is 1. The monoisotopic (exact) mass is 1130 g/mol. The number of nitrogens with two attached hydrogens (primary N) is 1. The minimum Gasteiger partial charge on any atom is -0.457 e. The second-order valence-corrected chi connectivity index (χ2v) is 21.7. The highest BCUT2D eigenvalue weighted by atomic mass is 32.2. The van der Waals surface area contributed by atoms with Gasteiger partial charge in [0.05, 0.1) is 44.6 Å². The Balaban J connectivity index is 0.609. The fourth-order valence-electron chi connectivity index (χ4n) is 10.3. The van der Waals surface area contributed by atoms with Crippen LogP contribution in [0.15, 0.2) is 66.7 Å². The number of nitrogens with one attached hydrogen (secondary N) is 8. The third kappa shape index (κ3) is 20.4. The van der Waals surface area contributed by atoms with Crippen LogP contribution in [0, 0.1) is 5.92 Å². The van der Waals surface area contributed by atoms with Gasteiger partial charge in [-0.1, -0.05) is 30.7 Å². The molecule has 7 amide bonds. The average molecular weight is 1130 g/mol. The summed E-state index contributed by atoms with van der Waals surface area (Å²) < 4.78 is 24.6. The largest absolute Gasteiger partial charge is 0.457 e. The number of carbonyl (C=O) groups excluding carboxylic acids is 6. The molecule has 4 aliphatic rings. The number of rotatable bonds is 37. The van der Waals surface area contributed by atoms with Crippen LogP contribution < -0.4 is 53.0 Å². The van der Waals surface area contributed by atoms with E-state index in [9.17, 15) is 28.8 Å². The van der Waals surface area contributed by atoms with Gasteiger partial charge in [0.25, 0.3) is 5.91 Å². The van der Waals surface area contributed by atoms with Gasteiger partial charge >= 0.3 is 6.03 Å². The second kappa shape index (κ2) is 34.1. The fourth-order valence-corrected chi connectivity index (χ4v) is 11.9. The highest BCUT2D eigenvalue weighted by molar-refractivity contribution is 8.00. The molecule has 1 aromatic heterocycles. The molecule has 3 saturated heterocycles. The van der Waals surface area contributed by atoms with Crippen LogP contribution in [0.1, 0.15) is 93.4 Å². The molecule has 23 heteroatoms. The van der Waals surface area contributed by atoms with Crippen LogP contribution >= 0.6 is 11.8 Å². The zero-order chi connectivity index (χ0) is 56.2. The van der Waals surface area contributed by atoms with Crippen LogP contribution in [0.5, 0.6) is 11.5 Å². The summed E-state index contributed by atoms with van der Waals surface area (Å²) in [7, 11) is 0. The van der Waals surface area contributed by atoms with E-state index in [0.29, 0.717) is 152 Å². The van der Waals surface area contributed by atoms with Crippen molar-refractivity contribution in [3.05, 3.63) is 72.3 Å². The van der Waals surface area contributed by atoms with E-state index in [0.717, 1.165) is 62.0 Å². The molecule has 3 aromatic rings. The summed E-state index contributed by atoms with van der Waals surface area (Å²) in [5.74, 6) is 2.63. The first-order chi connectivity index (χ1) is 39.1. The topological polar surface area (TPSA) is 283 Å². The van der Waals surface area contributed by atoms with E-state index in [2.05, 4.69) is 42.5 Å². The van der Waals surface area contributed by atoms with Gasteiger partial charge in [0.1, 0.15) is 28.6 Å². The molecule has 0 bridgehead atoms. The molecule has 1 unspecified atom stereocenters. The quantitative estimate of drug-likeness (QED) is 0.0225. The number of anilines is 1. The number of hydrogen-bond donors (Lipinski definition) is 9. The van der Waals surface area contributed by atoms with Crippen molar-refractivity contribution in [2.24, 2.45) is 11.7 Å². The zero-order valence-corrected chi connectivity index (χ0v) is 47.0. The van der Waals surface area contributed by atoms with E-state index in [1.807, 2.05) is 82.0 Å². The molecule has 438 valence electrons. The number of unbranched alkanes of at least 4 members (excludes halogenated alkanes) is 1. The number of primary amides is 1. The Kier molecular flexibility index (Phi) is 26.2. The van der Waals surface area contributed by atoms with E-state index in [-0.39, 0.29) is 66.5 Å². The number of ether oxygens (including phenoxy) is 4. The number of likely N-dealkylation sites (tertiary alicyclic amines) is 1. The molecule has 3 fully saturated rings. The first kappa shape index (κ1) is 61.4. The number of carbonyl (C=O) groups is 6. The van der Waals surface area contributed by atoms with Crippen LogP contribution in [-0.4, -0.2) is 178 Å². The van der Waals surface area contributed by atoms with E-state index >= 15 is 0 Å². The number of thioether (sulfide) groups is 1. The van der Waals surface area contributed by atoms with Crippen LogP contribution in [0.2, 0.25) is 0 Å². The minimum atomic E-state index is -0.536. The summed E-state index contributed by atoms with van der Waals surface area (Å²) in [5.41, 5.74) is 7.64. The van der Waals surface area contributed by atoms with Crippen LogP contribution in [0.3, 0.4) is 0 Å². The SMILES string of the molecule is NC(=O)c1c(-c2ccc(Oc3ccccc3)cc2)nn2c1NCC[C@H]2C1CCN(C(=O)/C=C/CNCCNCCNC(=O)CCCC(=O)NCCCOCCOCCOCCCNC(=O)CCCCC2SC[C@H]3NC(=O)N[C@@H]23)CC1. The highest BCUT2D eigenvalue weighted by Gasteiger charge is 2.42. The predicted octanol–water partition coefficient (Wildman–Crippen LogP) is 3.85. The Morgan fingerprint density at radius 2 is 1.32 bits per heavy atom. The molecule has 10 N–H and O–H groups in total. The van der Waals surface area contributed by atoms with Crippen molar-refractivity contribution in [3.63, 3.8) is 0 Å². The van der Waals surface area contributed by atoms with Gasteiger partial charge in [0.2, 0.25) is 23.6 Å². The first-order valence-electron chi connectivity index (χ1n) is 28.7. The van der Waals surface area contributed by atoms with Crippen molar-refractivity contribution in [3.8, 4) is 22.8 Å². The Morgan fingerprint density at radius 3 is 2.01 bits per heavy atom. The van der Waals surface area contributed by atoms with Crippen LogP contribution in [0.25, 0.3) is 11.3 Å². The van der Waals surface area contributed by atoms with Gasteiger partial charge in [0.15, 0.2) is 0 Å². The molecule has 4 atom stereocenters. The lowest BCUT2D eigenvalue weighted by molar-refractivity contribution is -0.127. The first-order valence-corrected chi connectivity index (χ1v) is 29.8. The third-order valence-corrected chi connectivity index (χ3v) is 16.0. The number of piperidine rings is 1. The molecule has 7 rings (SSSR count). The Morgan fingerprint density at radius 1 is 0.700 bits per heavy atom. The van der Waals surface area contributed by atoms with Gasteiger partial charge in [-0.15, -0.1) is 0 Å². The molecule has 0 saturated carbocycles. The summed E-state index contributed by atoms with van der Waals surface area (Å²) in [6, 6.07) is 17.5. The average Bonchev–Trinajstić information content (AvgIpc) is 4.18. The van der Waals surface area contributed by atoms with E-state index < -0.39 is 5.91 Å². The van der Waals surface area contributed by atoms with E-state index in [1.54, 1.807) is 6.08 Å². The van der Waals surface area contributed by atoms with Crippen molar-refractivity contribution < 1.29 is 47.7 Å². The van der Waals surface area contributed by atoms with E-state index in [4.69, 9.17) is 29.8 Å². The Hall–Kier alpha value is -6.24. The number of aromatic nitrogens is 2. The van der Waals surface area contributed by atoms with Gasteiger partial charge in [0, 0.05) is 121 Å². The maximum absolute atomic E-state index is 13.1.